The van der Waals surface area contributed by atoms with Gasteiger partial charge in [0.2, 0.25) is 5.91 Å². The lowest BCUT2D eigenvalue weighted by Crippen LogP contribution is -2.30. The highest BCUT2D eigenvalue weighted by Crippen LogP contribution is 2.25. The Kier molecular flexibility index (Phi) is 7.47. The van der Waals surface area contributed by atoms with Crippen LogP contribution < -0.4 is 14.8 Å². The molecule has 0 radical (unpaired) electrons. The molecule has 1 amide bonds. The fourth-order valence-electron chi connectivity index (χ4n) is 2.93. The SMILES string of the molecule is CCc1ccc([C@@H](NC(=O)/C=C/c2cc(OC)ccc2OC)C(C)C)cc1. The van der Waals surface area contributed by atoms with E-state index in [2.05, 4.69) is 50.4 Å². The van der Waals surface area contributed by atoms with E-state index in [1.165, 1.54) is 11.6 Å². The zero-order valence-electron chi connectivity index (χ0n) is 16.8. The molecule has 1 N–H and O–H groups in total. The lowest BCUT2D eigenvalue weighted by Gasteiger charge is -2.22. The Labute approximate surface area is 162 Å². The summed E-state index contributed by atoms with van der Waals surface area (Å²) in [6, 6.07) is 13.9. The average molecular weight is 367 g/mol. The van der Waals surface area contributed by atoms with Crippen molar-refractivity contribution in [3.8, 4) is 11.5 Å². The number of carbonyl (C=O) groups is 1. The molecular weight excluding hydrogens is 338 g/mol. The van der Waals surface area contributed by atoms with Gasteiger partial charge in [-0.15, -0.1) is 0 Å². The highest BCUT2D eigenvalue weighted by atomic mass is 16.5. The topological polar surface area (TPSA) is 47.6 Å². The summed E-state index contributed by atoms with van der Waals surface area (Å²) in [6.07, 6.45) is 4.28. The fraction of sp³-hybridized carbons (Fsp3) is 0.348. The minimum atomic E-state index is -0.141. The predicted octanol–water partition coefficient (Wildman–Crippen LogP) is 4.79. The molecule has 144 valence electrons. The summed E-state index contributed by atoms with van der Waals surface area (Å²) in [4.78, 5) is 12.5. The van der Waals surface area contributed by atoms with Gasteiger partial charge in [0.1, 0.15) is 11.5 Å². The first-order chi connectivity index (χ1) is 13.0. The Morgan fingerprint density at radius 2 is 1.78 bits per heavy atom. The molecule has 1 atom stereocenters. The molecule has 2 rings (SSSR count). The van der Waals surface area contributed by atoms with E-state index in [9.17, 15) is 4.79 Å². The number of aryl methyl sites for hydroxylation is 1. The molecule has 0 spiro atoms. The second-order valence-electron chi connectivity index (χ2n) is 6.77. The number of carbonyl (C=O) groups excluding carboxylic acids is 1. The number of nitrogens with one attached hydrogen (secondary N) is 1. The van der Waals surface area contributed by atoms with Gasteiger partial charge in [-0.3, -0.25) is 4.79 Å². The van der Waals surface area contributed by atoms with E-state index in [0.717, 1.165) is 17.5 Å². The number of benzene rings is 2. The highest BCUT2D eigenvalue weighted by Gasteiger charge is 2.17. The third kappa shape index (κ3) is 5.61. The molecular formula is C23H29NO3. The first-order valence-corrected chi connectivity index (χ1v) is 9.27. The minimum Gasteiger partial charge on any atom is -0.497 e. The summed E-state index contributed by atoms with van der Waals surface area (Å²) < 4.78 is 10.6. The molecule has 0 fully saturated rings. The number of rotatable bonds is 8. The maximum Gasteiger partial charge on any atom is 0.244 e. The van der Waals surface area contributed by atoms with E-state index in [4.69, 9.17) is 9.47 Å². The zero-order valence-corrected chi connectivity index (χ0v) is 16.8. The molecule has 0 unspecified atom stereocenters. The van der Waals surface area contributed by atoms with Gasteiger partial charge in [-0.1, -0.05) is 45.0 Å². The van der Waals surface area contributed by atoms with Gasteiger partial charge in [0, 0.05) is 11.6 Å². The monoisotopic (exact) mass is 367 g/mol. The van der Waals surface area contributed by atoms with E-state index >= 15 is 0 Å². The van der Waals surface area contributed by atoms with Crippen molar-refractivity contribution in [2.45, 2.75) is 33.2 Å². The van der Waals surface area contributed by atoms with Gasteiger partial charge in [-0.05, 0) is 47.7 Å². The van der Waals surface area contributed by atoms with Crippen LogP contribution in [0.25, 0.3) is 6.08 Å². The standard InChI is InChI=1S/C23H29NO3/c1-6-17-7-9-18(10-8-17)23(16(2)3)24-22(25)14-11-19-15-20(26-4)12-13-21(19)27-5/h7-16,23H,6H2,1-5H3,(H,24,25)/b14-11+/t23-/m0/s1. The largest absolute Gasteiger partial charge is 0.497 e. The van der Waals surface area contributed by atoms with Crippen molar-refractivity contribution in [2.75, 3.05) is 14.2 Å². The van der Waals surface area contributed by atoms with Crippen molar-refractivity contribution in [1.29, 1.82) is 0 Å². The Balaban J connectivity index is 2.15. The lowest BCUT2D eigenvalue weighted by atomic mass is 9.95. The molecule has 4 nitrogen and oxygen atoms in total. The zero-order chi connectivity index (χ0) is 19.8. The second kappa shape index (κ2) is 9.81. The number of hydrogen-bond acceptors (Lipinski definition) is 3. The van der Waals surface area contributed by atoms with Crippen molar-refractivity contribution >= 4 is 12.0 Å². The first kappa shape index (κ1) is 20.6. The molecule has 0 aliphatic rings. The molecule has 0 aliphatic heterocycles. The number of methoxy groups -OCH3 is 2. The van der Waals surface area contributed by atoms with Gasteiger partial charge in [-0.2, -0.15) is 0 Å². The van der Waals surface area contributed by atoms with Crippen LogP contribution in [0.15, 0.2) is 48.5 Å². The molecule has 0 saturated carbocycles. The lowest BCUT2D eigenvalue weighted by molar-refractivity contribution is -0.117. The number of hydrogen-bond donors (Lipinski definition) is 1. The molecule has 0 bridgehead atoms. The van der Waals surface area contributed by atoms with Crippen molar-refractivity contribution < 1.29 is 14.3 Å². The predicted molar refractivity (Wildman–Crippen MR) is 110 cm³/mol. The van der Waals surface area contributed by atoms with Crippen LogP contribution in [-0.2, 0) is 11.2 Å². The smallest absolute Gasteiger partial charge is 0.244 e. The van der Waals surface area contributed by atoms with Gasteiger partial charge in [0.05, 0.1) is 20.3 Å². The maximum atomic E-state index is 12.5. The summed E-state index contributed by atoms with van der Waals surface area (Å²) >= 11 is 0. The van der Waals surface area contributed by atoms with Crippen LogP contribution >= 0.6 is 0 Å². The third-order valence-electron chi connectivity index (χ3n) is 4.56. The van der Waals surface area contributed by atoms with Crippen LogP contribution in [0.3, 0.4) is 0 Å². The molecule has 2 aromatic rings. The normalized spacial score (nSPS) is 12.2. The Hall–Kier alpha value is -2.75. The molecule has 4 heteroatoms. The Morgan fingerprint density at radius 1 is 1.07 bits per heavy atom. The fourth-order valence-corrected chi connectivity index (χ4v) is 2.93. The van der Waals surface area contributed by atoms with Gasteiger partial charge >= 0.3 is 0 Å². The number of amides is 1. The quantitative estimate of drug-likeness (QED) is 0.682. The van der Waals surface area contributed by atoms with E-state index in [1.54, 1.807) is 20.3 Å². The number of ether oxygens (including phenoxy) is 2. The molecule has 0 heterocycles. The van der Waals surface area contributed by atoms with Crippen molar-refractivity contribution in [1.82, 2.24) is 5.32 Å². The van der Waals surface area contributed by atoms with Crippen LogP contribution in [0.1, 0.15) is 43.5 Å². The van der Waals surface area contributed by atoms with Crippen LogP contribution in [0, 0.1) is 5.92 Å². The minimum absolute atomic E-state index is 0.0414. The van der Waals surface area contributed by atoms with Gasteiger partial charge in [-0.25, -0.2) is 0 Å². The van der Waals surface area contributed by atoms with Gasteiger partial charge < -0.3 is 14.8 Å². The Bertz CT molecular complexity index is 779. The molecule has 0 saturated heterocycles. The summed E-state index contributed by atoms with van der Waals surface area (Å²) in [5.41, 5.74) is 3.20. The molecule has 27 heavy (non-hydrogen) atoms. The van der Waals surface area contributed by atoms with E-state index in [1.807, 2.05) is 18.2 Å². The van der Waals surface area contributed by atoms with Crippen molar-refractivity contribution in [3.05, 3.63) is 65.2 Å². The summed E-state index contributed by atoms with van der Waals surface area (Å²) in [5.74, 6) is 1.54. The van der Waals surface area contributed by atoms with E-state index in [0.29, 0.717) is 11.5 Å². The third-order valence-corrected chi connectivity index (χ3v) is 4.56. The second-order valence-corrected chi connectivity index (χ2v) is 6.77. The first-order valence-electron chi connectivity index (χ1n) is 9.27. The highest BCUT2D eigenvalue weighted by molar-refractivity contribution is 5.92. The van der Waals surface area contributed by atoms with Gasteiger partial charge in [0.25, 0.3) is 0 Å². The Morgan fingerprint density at radius 3 is 2.33 bits per heavy atom. The van der Waals surface area contributed by atoms with Crippen LogP contribution in [0.4, 0.5) is 0 Å². The average Bonchev–Trinajstić information content (AvgIpc) is 2.70. The van der Waals surface area contributed by atoms with E-state index < -0.39 is 0 Å². The maximum absolute atomic E-state index is 12.5. The molecule has 0 aliphatic carbocycles. The van der Waals surface area contributed by atoms with E-state index in [-0.39, 0.29) is 17.9 Å². The van der Waals surface area contributed by atoms with Crippen LogP contribution in [0.2, 0.25) is 0 Å². The van der Waals surface area contributed by atoms with Gasteiger partial charge in [0.15, 0.2) is 0 Å². The molecule has 2 aromatic carbocycles. The summed E-state index contributed by atoms with van der Waals surface area (Å²) in [7, 11) is 3.22. The van der Waals surface area contributed by atoms with Crippen LogP contribution in [-0.4, -0.2) is 20.1 Å². The molecule has 0 aromatic heterocycles. The van der Waals surface area contributed by atoms with Crippen molar-refractivity contribution in [3.63, 3.8) is 0 Å². The summed E-state index contributed by atoms with van der Waals surface area (Å²) in [6.45, 7) is 6.34. The summed E-state index contributed by atoms with van der Waals surface area (Å²) in [5, 5.41) is 3.11. The van der Waals surface area contributed by atoms with Crippen LogP contribution in [0.5, 0.6) is 11.5 Å². The van der Waals surface area contributed by atoms with Crippen molar-refractivity contribution in [2.24, 2.45) is 5.92 Å².